The van der Waals surface area contributed by atoms with Crippen LogP contribution in [0.2, 0.25) is 0 Å². The lowest BCUT2D eigenvalue weighted by Gasteiger charge is -2.24. The van der Waals surface area contributed by atoms with Gasteiger partial charge in [0.25, 0.3) is 0 Å². The minimum Gasteiger partial charge on any atom is -0.324 e. The van der Waals surface area contributed by atoms with Gasteiger partial charge in [-0.3, -0.25) is 4.79 Å². The third-order valence-corrected chi connectivity index (χ3v) is 5.18. The molecule has 0 bridgehead atoms. The van der Waals surface area contributed by atoms with Gasteiger partial charge >= 0.3 is 6.03 Å². The minimum atomic E-state index is -0.505. The van der Waals surface area contributed by atoms with Crippen LogP contribution in [0.15, 0.2) is 48.8 Å². The van der Waals surface area contributed by atoms with E-state index in [0.717, 1.165) is 23.2 Å². The van der Waals surface area contributed by atoms with E-state index >= 15 is 0 Å². The number of nitrogens with one attached hydrogen (secondary N) is 2. The molecule has 3 aromatic rings. The van der Waals surface area contributed by atoms with Crippen LogP contribution in [0, 0.1) is 13.8 Å². The summed E-state index contributed by atoms with van der Waals surface area (Å²) in [5, 5.41) is 17.0. The van der Waals surface area contributed by atoms with Crippen molar-refractivity contribution in [3.05, 3.63) is 59.9 Å². The molecule has 4 rings (SSSR count). The van der Waals surface area contributed by atoms with Crippen molar-refractivity contribution >= 4 is 23.3 Å². The van der Waals surface area contributed by atoms with Gasteiger partial charge in [-0.05, 0) is 73.0 Å². The Kier molecular flexibility index (Phi) is 5.42. The number of carbonyl (C=O) groups is 2. The Labute approximate surface area is 174 Å². The molecule has 2 heterocycles. The molecule has 30 heavy (non-hydrogen) atoms. The molecule has 1 aromatic heterocycles. The van der Waals surface area contributed by atoms with Crippen LogP contribution in [0.1, 0.15) is 24.0 Å². The van der Waals surface area contributed by atoms with Gasteiger partial charge in [-0.2, -0.15) is 0 Å². The summed E-state index contributed by atoms with van der Waals surface area (Å²) in [5.41, 5.74) is 4.25. The topological polar surface area (TPSA) is 105 Å². The molecule has 0 unspecified atom stereocenters. The number of rotatable bonds is 4. The Hall–Kier alpha value is -3.75. The van der Waals surface area contributed by atoms with E-state index in [1.54, 1.807) is 15.6 Å². The van der Waals surface area contributed by atoms with Crippen molar-refractivity contribution in [2.75, 3.05) is 17.2 Å². The zero-order valence-electron chi connectivity index (χ0n) is 16.9. The van der Waals surface area contributed by atoms with Gasteiger partial charge in [0.15, 0.2) is 0 Å². The fourth-order valence-electron chi connectivity index (χ4n) is 3.60. The van der Waals surface area contributed by atoms with E-state index in [4.69, 9.17) is 0 Å². The maximum absolute atomic E-state index is 12.9. The molecular weight excluding hydrogens is 382 g/mol. The van der Waals surface area contributed by atoms with Crippen LogP contribution in [0.5, 0.6) is 0 Å². The molecule has 2 N–H and O–H groups in total. The molecule has 154 valence electrons. The summed E-state index contributed by atoms with van der Waals surface area (Å²) in [5.74, 6) is -0.193. The van der Waals surface area contributed by atoms with Crippen molar-refractivity contribution in [3.63, 3.8) is 0 Å². The average Bonchev–Trinajstić information content (AvgIpc) is 3.42. The number of likely N-dealkylation sites (tertiary alicyclic amines) is 1. The summed E-state index contributed by atoms with van der Waals surface area (Å²) in [7, 11) is 0. The number of tetrazole rings is 1. The van der Waals surface area contributed by atoms with Crippen LogP contribution in [-0.2, 0) is 4.79 Å². The molecule has 0 spiro atoms. The lowest BCUT2D eigenvalue weighted by atomic mass is 10.1. The van der Waals surface area contributed by atoms with Crippen LogP contribution >= 0.6 is 0 Å². The fraction of sp³-hybridized carbons (Fsp3) is 0.286. The van der Waals surface area contributed by atoms with Crippen molar-refractivity contribution < 1.29 is 9.59 Å². The second-order valence-electron chi connectivity index (χ2n) is 7.39. The molecule has 1 fully saturated rings. The van der Waals surface area contributed by atoms with E-state index in [0.29, 0.717) is 24.3 Å². The Balaban J connectivity index is 1.42. The zero-order chi connectivity index (χ0) is 21.1. The summed E-state index contributed by atoms with van der Waals surface area (Å²) < 4.78 is 1.56. The lowest BCUT2D eigenvalue weighted by Crippen LogP contribution is -2.45. The van der Waals surface area contributed by atoms with E-state index in [1.807, 2.05) is 50.2 Å². The fourth-order valence-corrected chi connectivity index (χ4v) is 3.60. The van der Waals surface area contributed by atoms with Crippen molar-refractivity contribution in [3.8, 4) is 5.69 Å². The zero-order valence-corrected chi connectivity index (χ0v) is 16.9. The first-order valence-corrected chi connectivity index (χ1v) is 9.80. The van der Waals surface area contributed by atoms with Crippen LogP contribution < -0.4 is 10.6 Å². The number of amides is 3. The molecule has 0 radical (unpaired) electrons. The smallest absolute Gasteiger partial charge is 0.322 e. The molecule has 9 nitrogen and oxygen atoms in total. The van der Waals surface area contributed by atoms with Gasteiger partial charge in [-0.25, -0.2) is 9.48 Å². The molecule has 9 heteroatoms. The quantitative estimate of drug-likeness (QED) is 0.694. The van der Waals surface area contributed by atoms with Gasteiger partial charge in [-0.15, -0.1) is 5.10 Å². The summed E-state index contributed by atoms with van der Waals surface area (Å²) in [6.07, 6.45) is 2.94. The molecule has 2 aromatic carbocycles. The number of nitrogens with zero attached hydrogens (tertiary/aromatic N) is 5. The standard InChI is InChI=1S/C21H23N7O2/c1-14-5-7-16(8-6-14)24-21(30)27-11-3-4-19(27)20(29)23-17-9-10-18(15(2)12-17)28-13-22-25-26-28/h5-10,12-13,19H,3-4,11H2,1-2H3,(H,23,29)(H,24,30)/t19-/m0/s1. The Morgan fingerprint density at radius 3 is 2.50 bits per heavy atom. The van der Waals surface area contributed by atoms with Crippen LogP contribution in [0.3, 0.4) is 0 Å². The number of benzene rings is 2. The molecule has 0 aliphatic carbocycles. The number of aromatic nitrogens is 4. The van der Waals surface area contributed by atoms with Crippen molar-refractivity contribution in [2.24, 2.45) is 0 Å². The number of urea groups is 1. The van der Waals surface area contributed by atoms with Crippen LogP contribution in [-0.4, -0.2) is 49.6 Å². The minimum absolute atomic E-state index is 0.193. The molecule has 1 atom stereocenters. The van der Waals surface area contributed by atoms with Crippen LogP contribution in [0.25, 0.3) is 5.69 Å². The number of carbonyl (C=O) groups excluding carboxylic acids is 2. The highest BCUT2D eigenvalue weighted by Crippen LogP contribution is 2.23. The van der Waals surface area contributed by atoms with Gasteiger partial charge in [0.05, 0.1) is 5.69 Å². The van der Waals surface area contributed by atoms with Crippen LogP contribution in [0.4, 0.5) is 16.2 Å². The molecule has 1 saturated heterocycles. The van der Waals surface area contributed by atoms with Gasteiger partial charge < -0.3 is 15.5 Å². The summed E-state index contributed by atoms with van der Waals surface area (Å²) in [6, 6.07) is 12.3. The first-order valence-electron chi connectivity index (χ1n) is 9.80. The number of hydrogen-bond acceptors (Lipinski definition) is 5. The highest BCUT2D eigenvalue weighted by atomic mass is 16.2. The summed E-state index contributed by atoms with van der Waals surface area (Å²) >= 11 is 0. The Morgan fingerprint density at radius 2 is 1.80 bits per heavy atom. The molecule has 1 aliphatic rings. The first kappa shape index (κ1) is 19.6. The van der Waals surface area contributed by atoms with Crippen molar-refractivity contribution in [2.45, 2.75) is 32.7 Å². The SMILES string of the molecule is Cc1ccc(NC(=O)N2CCC[C@H]2C(=O)Nc2ccc(-n3cnnn3)c(C)c2)cc1. The van der Waals surface area contributed by atoms with Gasteiger partial charge in [-0.1, -0.05) is 17.7 Å². The van der Waals surface area contributed by atoms with E-state index in [2.05, 4.69) is 26.2 Å². The largest absolute Gasteiger partial charge is 0.324 e. The van der Waals surface area contributed by atoms with Gasteiger partial charge in [0.1, 0.15) is 12.4 Å². The highest BCUT2D eigenvalue weighted by Gasteiger charge is 2.34. The second kappa shape index (κ2) is 8.32. The van der Waals surface area contributed by atoms with Crippen molar-refractivity contribution in [1.29, 1.82) is 0 Å². The maximum Gasteiger partial charge on any atom is 0.322 e. The van der Waals surface area contributed by atoms with E-state index in [1.165, 1.54) is 6.33 Å². The predicted molar refractivity (Wildman–Crippen MR) is 112 cm³/mol. The number of anilines is 2. The Morgan fingerprint density at radius 1 is 1.03 bits per heavy atom. The first-order chi connectivity index (χ1) is 14.5. The molecule has 0 saturated carbocycles. The van der Waals surface area contributed by atoms with Gasteiger partial charge in [0.2, 0.25) is 5.91 Å². The molecule has 3 amide bonds. The summed E-state index contributed by atoms with van der Waals surface area (Å²) in [4.78, 5) is 27.2. The van der Waals surface area contributed by atoms with E-state index < -0.39 is 6.04 Å². The van der Waals surface area contributed by atoms with E-state index in [9.17, 15) is 9.59 Å². The predicted octanol–water partition coefficient (Wildman–Crippen LogP) is 2.91. The number of hydrogen-bond donors (Lipinski definition) is 2. The maximum atomic E-state index is 12.9. The summed E-state index contributed by atoms with van der Waals surface area (Å²) in [6.45, 7) is 4.46. The average molecular weight is 405 g/mol. The van der Waals surface area contributed by atoms with E-state index in [-0.39, 0.29) is 11.9 Å². The molecule has 1 aliphatic heterocycles. The normalized spacial score (nSPS) is 15.8. The third-order valence-electron chi connectivity index (χ3n) is 5.18. The van der Waals surface area contributed by atoms with Gasteiger partial charge in [0, 0.05) is 17.9 Å². The number of aryl methyl sites for hydroxylation is 2. The highest BCUT2D eigenvalue weighted by molar-refractivity contribution is 5.99. The monoisotopic (exact) mass is 405 g/mol. The third kappa shape index (κ3) is 4.14. The molecular formula is C21H23N7O2. The van der Waals surface area contributed by atoms with Crippen molar-refractivity contribution in [1.82, 2.24) is 25.1 Å². The Bertz CT molecular complexity index is 1050. The lowest BCUT2D eigenvalue weighted by molar-refractivity contribution is -0.119. The second-order valence-corrected chi connectivity index (χ2v) is 7.39.